The van der Waals surface area contributed by atoms with E-state index < -0.39 is 23.8 Å². The highest BCUT2D eigenvalue weighted by Crippen LogP contribution is 2.30. The molecule has 1 aromatic rings. The minimum absolute atomic E-state index is 0.0486. The van der Waals surface area contributed by atoms with Crippen LogP contribution in [0.15, 0.2) is 24.3 Å². The van der Waals surface area contributed by atoms with Crippen molar-refractivity contribution < 1.29 is 27.5 Å². The molecule has 1 aliphatic rings. The van der Waals surface area contributed by atoms with Crippen molar-refractivity contribution in [2.75, 3.05) is 7.11 Å². The third kappa shape index (κ3) is 5.76. The van der Waals surface area contributed by atoms with Crippen LogP contribution in [-0.2, 0) is 26.9 Å². The summed E-state index contributed by atoms with van der Waals surface area (Å²) in [4.78, 5) is 24.1. The summed E-state index contributed by atoms with van der Waals surface area (Å²) >= 11 is 0. The molecule has 138 valence electrons. The van der Waals surface area contributed by atoms with Crippen LogP contribution in [0.2, 0.25) is 0 Å². The Morgan fingerprint density at radius 1 is 1.28 bits per heavy atom. The third-order valence-corrected chi connectivity index (χ3v) is 4.46. The highest BCUT2D eigenvalue weighted by molar-refractivity contribution is 5.84. The van der Waals surface area contributed by atoms with Crippen molar-refractivity contribution in [1.82, 2.24) is 5.32 Å². The molecule has 0 heterocycles. The van der Waals surface area contributed by atoms with Crippen molar-refractivity contribution in [2.45, 2.75) is 50.7 Å². The van der Waals surface area contributed by atoms with Gasteiger partial charge in [-0.2, -0.15) is 13.2 Å². The Morgan fingerprint density at radius 3 is 2.56 bits per heavy atom. The van der Waals surface area contributed by atoms with Crippen LogP contribution in [0.1, 0.15) is 43.2 Å². The van der Waals surface area contributed by atoms with Gasteiger partial charge in [0.05, 0.1) is 12.7 Å². The minimum atomic E-state index is -4.46. The Balaban J connectivity index is 2.04. The molecule has 25 heavy (non-hydrogen) atoms. The van der Waals surface area contributed by atoms with E-state index in [2.05, 4.69) is 10.1 Å². The number of methoxy groups -OCH3 is 1. The van der Waals surface area contributed by atoms with Crippen LogP contribution in [0.3, 0.4) is 0 Å². The van der Waals surface area contributed by atoms with Gasteiger partial charge >= 0.3 is 12.1 Å². The van der Waals surface area contributed by atoms with Gasteiger partial charge in [0.1, 0.15) is 6.04 Å². The van der Waals surface area contributed by atoms with Gasteiger partial charge in [0, 0.05) is 12.8 Å². The van der Waals surface area contributed by atoms with Crippen LogP contribution in [0.4, 0.5) is 13.2 Å². The second-order valence-electron chi connectivity index (χ2n) is 6.40. The molecule has 0 radical (unpaired) electrons. The van der Waals surface area contributed by atoms with Crippen LogP contribution in [0, 0.1) is 5.92 Å². The van der Waals surface area contributed by atoms with Gasteiger partial charge < -0.3 is 10.1 Å². The lowest BCUT2D eigenvalue weighted by molar-refractivity contribution is -0.145. The van der Waals surface area contributed by atoms with Gasteiger partial charge in [-0.05, 0) is 30.4 Å². The number of esters is 1. The fraction of sp³-hybridized carbons (Fsp3) is 0.556. The van der Waals surface area contributed by atoms with Gasteiger partial charge in [0.15, 0.2) is 0 Å². The molecular weight excluding hydrogens is 335 g/mol. The number of hydrogen-bond acceptors (Lipinski definition) is 3. The van der Waals surface area contributed by atoms with E-state index in [9.17, 15) is 22.8 Å². The van der Waals surface area contributed by atoms with Crippen molar-refractivity contribution in [1.29, 1.82) is 0 Å². The van der Waals surface area contributed by atoms with E-state index in [0.29, 0.717) is 17.9 Å². The Hall–Kier alpha value is -2.05. The van der Waals surface area contributed by atoms with Gasteiger partial charge in [-0.3, -0.25) is 4.79 Å². The summed E-state index contributed by atoms with van der Waals surface area (Å²) in [5.41, 5.74) is -0.475. The Morgan fingerprint density at radius 2 is 1.96 bits per heavy atom. The van der Waals surface area contributed by atoms with Gasteiger partial charge in [0.25, 0.3) is 0 Å². The van der Waals surface area contributed by atoms with Crippen molar-refractivity contribution in [3.05, 3.63) is 35.4 Å². The normalized spacial score (nSPS) is 16.5. The predicted molar refractivity (Wildman–Crippen MR) is 85.7 cm³/mol. The number of ether oxygens (including phenoxy) is 1. The van der Waals surface area contributed by atoms with Gasteiger partial charge in [0.2, 0.25) is 5.91 Å². The van der Waals surface area contributed by atoms with Gasteiger partial charge in [-0.25, -0.2) is 4.79 Å². The van der Waals surface area contributed by atoms with Crippen LogP contribution in [0.5, 0.6) is 0 Å². The number of nitrogens with one attached hydrogen (secondary N) is 1. The summed E-state index contributed by atoms with van der Waals surface area (Å²) in [7, 11) is 1.19. The smallest absolute Gasteiger partial charge is 0.416 e. The lowest BCUT2D eigenvalue weighted by Gasteiger charge is -2.18. The van der Waals surface area contributed by atoms with Crippen LogP contribution < -0.4 is 5.32 Å². The van der Waals surface area contributed by atoms with Gasteiger partial charge in [-0.15, -0.1) is 0 Å². The highest BCUT2D eigenvalue weighted by Gasteiger charge is 2.31. The molecule has 7 heteroatoms. The maximum Gasteiger partial charge on any atom is 0.416 e. The molecule has 1 atom stereocenters. The first-order valence-electron chi connectivity index (χ1n) is 8.33. The monoisotopic (exact) mass is 357 g/mol. The second kappa shape index (κ2) is 8.36. The number of alkyl halides is 3. The minimum Gasteiger partial charge on any atom is -0.467 e. The first kappa shape index (κ1) is 19.3. The largest absolute Gasteiger partial charge is 0.467 e. The zero-order chi connectivity index (χ0) is 18.4. The number of rotatable bonds is 6. The molecule has 1 aromatic carbocycles. The van der Waals surface area contributed by atoms with Gasteiger partial charge in [-0.1, -0.05) is 31.0 Å². The predicted octanol–water partition coefficient (Wildman–Crippen LogP) is 3.49. The Kier molecular flexibility index (Phi) is 6.45. The highest BCUT2D eigenvalue weighted by atomic mass is 19.4. The standard InChI is InChI=1S/C18H22F3NO3/c1-25-17(24)15(22-16(23)11-12-5-2-3-6-12)10-13-7-4-8-14(9-13)18(19,20)21/h4,7-9,12,15H,2-3,5-6,10-11H2,1H3,(H,22,23)/t15-/m1/s1. The molecule has 1 N–H and O–H groups in total. The maximum absolute atomic E-state index is 12.8. The molecule has 0 bridgehead atoms. The number of carbonyl (C=O) groups excluding carboxylic acids is 2. The SMILES string of the molecule is COC(=O)[C@@H](Cc1cccc(C(F)(F)F)c1)NC(=O)CC1CCCC1. The van der Waals surface area contributed by atoms with E-state index in [0.717, 1.165) is 37.8 Å². The van der Waals surface area contributed by atoms with Crippen molar-refractivity contribution in [3.8, 4) is 0 Å². The second-order valence-corrected chi connectivity index (χ2v) is 6.40. The number of halogens is 3. The van der Waals surface area contributed by atoms with E-state index >= 15 is 0 Å². The molecule has 0 aliphatic heterocycles. The van der Waals surface area contributed by atoms with E-state index in [1.807, 2.05) is 0 Å². The van der Waals surface area contributed by atoms with Crippen molar-refractivity contribution in [2.24, 2.45) is 5.92 Å². The molecule has 0 unspecified atom stereocenters. The lowest BCUT2D eigenvalue weighted by atomic mass is 10.0. The Bertz CT molecular complexity index is 610. The average Bonchev–Trinajstić information content (AvgIpc) is 3.05. The molecule has 2 rings (SSSR count). The number of carbonyl (C=O) groups is 2. The molecular formula is C18H22F3NO3. The van der Waals surface area contributed by atoms with E-state index in [4.69, 9.17) is 0 Å². The molecule has 1 fully saturated rings. The Labute approximate surface area is 144 Å². The fourth-order valence-corrected chi connectivity index (χ4v) is 3.18. The molecule has 1 aliphatic carbocycles. The van der Waals surface area contributed by atoms with E-state index in [1.54, 1.807) is 0 Å². The summed E-state index contributed by atoms with van der Waals surface area (Å²) in [5, 5.41) is 2.61. The van der Waals surface area contributed by atoms with E-state index in [1.165, 1.54) is 19.2 Å². The lowest BCUT2D eigenvalue weighted by Crippen LogP contribution is -2.43. The summed E-state index contributed by atoms with van der Waals surface area (Å²) in [5.74, 6) is -0.627. The maximum atomic E-state index is 12.8. The zero-order valence-electron chi connectivity index (χ0n) is 14.1. The molecule has 4 nitrogen and oxygen atoms in total. The summed E-state index contributed by atoms with van der Waals surface area (Å²) in [6.07, 6.45) is 0.00464. The number of hydrogen-bond donors (Lipinski definition) is 1. The molecule has 1 amide bonds. The first-order valence-corrected chi connectivity index (χ1v) is 8.33. The summed E-state index contributed by atoms with van der Waals surface area (Å²) in [6.45, 7) is 0. The molecule has 1 saturated carbocycles. The molecule has 0 saturated heterocycles. The number of benzene rings is 1. The average molecular weight is 357 g/mol. The van der Waals surface area contributed by atoms with Crippen molar-refractivity contribution >= 4 is 11.9 Å². The summed E-state index contributed by atoms with van der Waals surface area (Å²) < 4.78 is 43.1. The fourth-order valence-electron chi connectivity index (χ4n) is 3.18. The summed E-state index contributed by atoms with van der Waals surface area (Å²) in [6, 6.07) is 3.73. The van der Waals surface area contributed by atoms with Crippen LogP contribution in [-0.4, -0.2) is 25.0 Å². The molecule has 0 aromatic heterocycles. The first-order chi connectivity index (χ1) is 11.8. The molecule has 0 spiro atoms. The topological polar surface area (TPSA) is 55.4 Å². The van der Waals surface area contributed by atoms with Crippen molar-refractivity contribution in [3.63, 3.8) is 0 Å². The van der Waals surface area contributed by atoms with E-state index in [-0.39, 0.29) is 12.3 Å². The quantitative estimate of drug-likeness (QED) is 0.793. The zero-order valence-corrected chi connectivity index (χ0v) is 14.1. The number of amides is 1. The third-order valence-electron chi connectivity index (χ3n) is 4.46. The van der Waals surface area contributed by atoms with Crippen LogP contribution in [0.25, 0.3) is 0 Å². The van der Waals surface area contributed by atoms with Crippen LogP contribution >= 0.6 is 0 Å².